The number of carbonyl (C=O) groups is 1. The Morgan fingerprint density at radius 3 is 2.77 bits per heavy atom. The van der Waals surface area contributed by atoms with E-state index in [2.05, 4.69) is 4.98 Å². The van der Waals surface area contributed by atoms with Gasteiger partial charge in [-0.3, -0.25) is 14.9 Å². The molecule has 0 unspecified atom stereocenters. The van der Waals surface area contributed by atoms with Crippen LogP contribution in [0.1, 0.15) is 16.7 Å². The Hall–Kier alpha value is -3.22. The molecule has 3 aromatic rings. The number of hydrogen-bond donors (Lipinski definition) is 1. The fraction of sp³-hybridized carbons (Fsp3) is 0.211. The first-order chi connectivity index (χ1) is 12.4. The summed E-state index contributed by atoms with van der Waals surface area (Å²) in [5.74, 6) is -0.965. The van der Waals surface area contributed by atoms with Crippen molar-refractivity contribution in [3.05, 3.63) is 75.2 Å². The standard InChI is InChI=1S/C19H16FN3O3/c1-11-4-3-5-13-15(9-21-17(11)13)19(10-23(25)26)14-8-12(20)6-7-16(14)22(2)18(19)24/h3-9,21H,10H2,1-2H3/t19-/m1/s1. The molecule has 26 heavy (non-hydrogen) atoms. The molecule has 6 nitrogen and oxygen atoms in total. The molecule has 2 aromatic carbocycles. The molecule has 1 aliphatic heterocycles. The Kier molecular flexibility index (Phi) is 3.37. The fourth-order valence-corrected chi connectivity index (χ4v) is 4.00. The molecule has 0 saturated carbocycles. The molecule has 7 heteroatoms. The number of aromatic nitrogens is 1. The molecule has 0 aliphatic carbocycles. The number of anilines is 1. The number of halogens is 1. The lowest BCUT2D eigenvalue weighted by Gasteiger charge is -2.24. The Balaban J connectivity index is 2.11. The van der Waals surface area contributed by atoms with Gasteiger partial charge in [-0.05, 0) is 30.7 Å². The normalized spacial score (nSPS) is 19.2. The van der Waals surface area contributed by atoms with E-state index in [9.17, 15) is 19.3 Å². The van der Waals surface area contributed by atoms with Gasteiger partial charge in [-0.2, -0.15) is 0 Å². The number of nitrogens with zero attached hydrogens (tertiary/aromatic N) is 2. The number of para-hydroxylation sites is 1. The van der Waals surface area contributed by atoms with Crippen molar-refractivity contribution in [2.24, 2.45) is 0 Å². The number of amides is 1. The van der Waals surface area contributed by atoms with Crippen LogP contribution in [-0.2, 0) is 10.2 Å². The summed E-state index contributed by atoms with van der Waals surface area (Å²) in [6, 6.07) is 9.55. The molecular formula is C19H16FN3O3. The van der Waals surface area contributed by atoms with Gasteiger partial charge >= 0.3 is 0 Å². The van der Waals surface area contributed by atoms with Crippen LogP contribution in [0.25, 0.3) is 10.9 Å². The van der Waals surface area contributed by atoms with Crippen LogP contribution in [0.2, 0.25) is 0 Å². The van der Waals surface area contributed by atoms with E-state index in [4.69, 9.17) is 0 Å². The number of aryl methyl sites for hydroxylation is 1. The van der Waals surface area contributed by atoms with Crippen molar-refractivity contribution in [2.45, 2.75) is 12.3 Å². The predicted molar refractivity (Wildman–Crippen MR) is 95.5 cm³/mol. The third-order valence-corrected chi connectivity index (χ3v) is 5.20. The van der Waals surface area contributed by atoms with Gasteiger partial charge < -0.3 is 9.88 Å². The highest BCUT2D eigenvalue weighted by Crippen LogP contribution is 2.48. The summed E-state index contributed by atoms with van der Waals surface area (Å²) < 4.78 is 14.0. The van der Waals surface area contributed by atoms with E-state index in [1.165, 1.54) is 23.1 Å². The highest BCUT2D eigenvalue weighted by Gasteiger charge is 2.56. The van der Waals surface area contributed by atoms with Crippen molar-refractivity contribution >= 4 is 22.5 Å². The molecule has 0 fully saturated rings. The molecule has 2 heterocycles. The minimum Gasteiger partial charge on any atom is -0.361 e. The topological polar surface area (TPSA) is 79.2 Å². The minimum absolute atomic E-state index is 0.323. The lowest BCUT2D eigenvalue weighted by molar-refractivity contribution is -0.486. The van der Waals surface area contributed by atoms with Gasteiger partial charge in [0.15, 0.2) is 5.41 Å². The van der Waals surface area contributed by atoms with Crippen molar-refractivity contribution in [3.8, 4) is 0 Å². The lowest BCUT2D eigenvalue weighted by Crippen LogP contribution is -2.44. The van der Waals surface area contributed by atoms with Crippen LogP contribution in [0.4, 0.5) is 10.1 Å². The summed E-state index contributed by atoms with van der Waals surface area (Å²) in [5.41, 5.74) is 1.51. The van der Waals surface area contributed by atoms with Crippen LogP contribution in [0, 0.1) is 22.9 Å². The molecule has 1 aliphatic rings. The van der Waals surface area contributed by atoms with Gasteiger partial charge in [-0.25, -0.2) is 4.39 Å². The zero-order valence-corrected chi connectivity index (χ0v) is 14.2. The van der Waals surface area contributed by atoms with E-state index in [-0.39, 0.29) is 0 Å². The van der Waals surface area contributed by atoms with Crippen molar-refractivity contribution in [2.75, 3.05) is 18.5 Å². The van der Waals surface area contributed by atoms with Gasteiger partial charge in [0.25, 0.3) is 0 Å². The van der Waals surface area contributed by atoms with Crippen LogP contribution >= 0.6 is 0 Å². The first-order valence-corrected chi connectivity index (χ1v) is 8.13. The molecule has 1 N–H and O–H groups in total. The van der Waals surface area contributed by atoms with Crippen LogP contribution in [0.3, 0.4) is 0 Å². The van der Waals surface area contributed by atoms with E-state index in [0.29, 0.717) is 16.8 Å². The Labute approximate surface area is 148 Å². The van der Waals surface area contributed by atoms with E-state index in [1.54, 1.807) is 13.2 Å². The second-order valence-corrected chi connectivity index (χ2v) is 6.62. The van der Waals surface area contributed by atoms with Crippen molar-refractivity contribution < 1.29 is 14.1 Å². The molecule has 4 rings (SSSR count). The monoisotopic (exact) mass is 353 g/mol. The maximum atomic E-state index is 14.0. The third-order valence-electron chi connectivity index (χ3n) is 5.20. The number of carbonyl (C=O) groups excluding carboxylic acids is 1. The fourth-order valence-electron chi connectivity index (χ4n) is 4.00. The van der Waals surface area contributed by atoms with Gasteiger partial charge in [0.1, 0.15) is 5.82 Å². The highest BCUT2D eigenvalue weighted by atomic mass is 19.1. The van der Waals surface area contributed by atoms with E-state index < -0.39 is 28.6 Å². The molecule has 132 valence electrons. The van der Waals surface area contributed by atoms with Gasteiger partial charge in [0.2, 0.25) is 12.5 Å². The van der Waals surface area contributed by atoms with E-state index in [1.807, 2.05) is 25.1 Å². The van der Waals surface area contributed by atoms with Crippen molar-refractivity contribution in [1.29, 1.82) is 0 Å². The summed E-state index contributed by atoms with van der Waals surface area (Å²) in [6.45, 7) is 1.27. The largest absolute Gasteiger partial charge is 0.361 e. The number of fused-ring (bicyclic) bond motifs is 2. The number of benzene rings is 2. The van der Waals surface area contributed by atoms with Crippen LogP contribution < -0.4 is 4.90 Å². The molecule has 0 bridgehead atoms. The zero-order chi connectivity index (χ0) is 18.6. The molecule has 1 amide bonds. The van der Waals surface area contributed by atoms with Crippen LogP contribution in [-0.4, -0.2) is 29.4 Å². The maximum Gasteiger partial charge on any atom is 0.248 e. The third kappa shape index (κ3) is 2.00. The van der Waals surface area contributed by atoms with Gasteiger partial charge in [0.05, 0.1) is 0 Å². The molecule has 1 atom stereocenters. The van der Waals surface area contributed by atoms with Crippen molar-refractivity contribution in [1.82, 2.24) is 4.98 Å². The molecule has 0 spiro atoms. The Bertz CT molecular complexity index is 1080. The van der Waals surface area contributed by atoms with Gasteiger partial charge in [-0.15, -0.1) is 0 Å². The Morgan fingerprint density at radius 2 is 2.04 bits per heavy atom. The number of H-pyrrole nitrogens is 1. The summed E-state index contributed by atoms with van der Waals surface area (Å²) in [7, 11) is 1.56. The minimum atomic E-state index is -1.57. The van der Waals surface area contributed by atoms with Gasteiger partial charge in [0, 0.05) is 45.9 Å². The number of nitro groups is 1. The van der Waals surface area contributed by atoms with Gasteiger partial charge in [-0.1, -0.05) is 18.2 Å². The summed E-state index contributed by atoms with van der Waals surface area (Å²) in [6.07, 6.45) is 1.63. The van der Waals surface area contributed by atoms with Crippen LogP contribution in [0.15, 0.2) is 42.6 Å². The second kappa shape index (κ2) is 5.39. The second-order valence-electron chi connectivity index (χ2n) is 6.62. The summed E-state index contributed by atoms with van der Waals surface area (Å²) in [4.78, 5) is 28.8. The number of rotatable bonds is 3. The zero-order valence-electron chi connectivity index (χ0n) is 14.2. The summed E-state index contributed by atoms with van der Waals surface area (Å²) in [5, 5.41) is 12.3. The number of hydrogen-bond acceptors (Lipinski definition) is 3. The SMILES string of the molecule is Cc1cccc2c([C@]3(C[N+](=O)[O-])C(=O)N(C)c4ccc(F)cc43)c[nH]c12. The number of nitrogens with one attached hydrogen (secondary N) is 1. The van der Waals surface area contributed by atoms with Crippen LogP contribution in [0.5, 0.6) is 0 Å². The average Bonchev–Trinajstić information content (AvgIpc) is 3.11. The number of likely N-dealkylation sites (N-methyl/N-ethyl adjacent to an activating group) is 1. The quantitative estimate of drug-likeness (QED) is 0.580. The average molecular weight is 353 g/mol. The predicted octanol–water partition coefficient (Wildman–Crippen LogP) is 3.15. The molecule has 0 radical (unpaired) electrons. The number of aromatic amines is 1. The van der Waals surface area contributed by atoms with E-state index >= 15 is 0 Å². The van der Waals surface area contributed by atoms with E-state index in [0.717, 1.165) is 16.5 Å². The Morgan fingerprint density at radius 1 is 1.27 bits per heavy atom. The smallest absolute Gasteiger partial charge is 0.248 e. The van der Waals surface area contributed by atoms with Crippen molar-refractivity contribution in [3.63, 3.8) is 0 Å². The lowest BCUT2D eigenvalue weighted by atomic mass is 9.75. The molecule has 0 saturated heterocycles. The molecule has 1 aromatic heterocycles. The summed E-state index contributed by atoms with van der Waals surface area (Å²) >= 11 is 0. The maximum absolute atomic E-state index is 14.0. The highest BCUT2D eigenvalue weighted by molar-refractivity contribution is 6.12. The first kappa shape index (κ1) is 16.3. The molecular weight excluding hydrogens is 337 g/mol. The first-order valence-electron chi connectivity index (χ1n) is 8.13.